The summed E-state index contributed by atoms with van der Waals surface area (Å²) < 4.78 is 5.68. The molecule has 0 aromatic heterocycles. The zero-order valence-corrected chi connectivity index (χ0v) is 19.5. The predicted octanol–water partition coefficient (Wildman–Crippen LogP) is 2.56. The van der Waals surface area contributed by atoms with Crippen molar-refractivity contribution in [2.24, 2.45) is 0 Å². The van der Waals surface area contributed by atoms with E-state index in [4.69, 9.17) is 4.74 Å². The second-order valence-electron chi connectivity index (χ2n) is 7.57. The molecule has 0 bridgehead atoms. The van der Waals surface area contributed by atoms with Crippen molar-refractivity contribution in [2.45, 2.75) is 32.6 Å². The molecule has 0 unspecified atom stereocenters. The molecular formula is C25H30BN3O5. The molecule has 1 atom stereocenters. The highest BCUT2D eigenvalue weighted by Crippen LogP contribution is 2.19. The molecule has 2 aromatic carbocycles. The van der Waals surface area contributed by atoms with Crippen LogP contribution in [-0.4, -0.2) is 53.6 Å². The zero-order chi connectivity index (χ0) is 24.9. The third kappa shape index (κ3) is 8.39. The second-order valence-corrected chi connectivity index (χ2v) is 7.57. The van der Waals surface area contributed by atoms with Gasteiger partial charge in [0.2, 0.25) is 5.91 Å². The van der Waals surface area contributed by atoms with Crippen LogP contribution in [0, 0.1) is 11.3 Å². The number of nitrogens with zero attached hydrogens (tertiary/aromatic N) is 2. The van der Waals surface area contributed by atoms with E-state index in [-0.39, 0.29) is 36.7 Å². The number of rotatable bonds is 12. The fourth-order valence-corrected chi connectivity index (χ4v) is 3.39. The van der Waals surface area contributed by atoms with Crippen molar-refractivity contribution in [1.82, 2.24) is 10.2 Å². The minimum absolute atomic E-state index is 0.0293. The number of ether oxygens (including phenoxy) is 1. The van der Waals surface area contributed by atoms with Gasteiger partial charge in [-0.25, -0.2) is 0 Å². The van der Waals surface area contributed by atoms with Crippen molar-refractivity contribution in [2.75, 3.05) is 19.7 Å². The standard InChI is InChI=1S/C25H30BN3O5/c1-3-29(4-2)25(31)21(18-27)15-19-9-8-12-22(16-19)34-14-13-24(30)28-23(17-26(32)33)20-10-6-5-7-11-20/h5-12,15-16,23,32-33H,3-4,13-14,17H2,1-2H3,(H,28,30)/t23-/m0/s1. The Labute approximate surface area is 200 Å². The molecule has 0 fully saturated rings. The molecule has 9 heteroatoms. The summed E-state index contributed by atoms with van der Waals surface area (Å²) in [5, 5.41) is 30.9. The summed E-state index contributed by atoms with van der Waals surface area (Å²) >= 11 is 0. The predicted molar refractivity (Wildman–Crippen MR) is 130 cm³/mol. The van der Waals surface area contributed by atoms with Crippen molar-refractivity contribution in [1.29, 1.82) is 5.26 Å². The SMILES string of the molecule is CCN(CC)C(=O)C(C#N)=Cc1cccc(OCCC(=O)N[C@@H](CB(O)O)c2ccccc2)c1. The first-order chi connectivity index (χ1) is 16.4. The van der Waals surface area contributed by atoms with Gasteiger partial charge in [-0.2, -0.15) is 5.26 Å². The molecule has 34 heavy (non-hydrogen) atoms. The zero-order valence-electron chi connectivity index (χ0n) is 19.5. The van der Waals surface area contributed by atoms with Gasteiger partial charge in [-0.3, -0.25) is 9.59 Å². The van der Waals surface area contributed by atoms with E-state index in [0.29, 0.717) is 24.4 Å². The van der Waals surface area contributed by atoms with Crippen molar-refractivity contribution < 1.29 is 24.4 Å². The number of nitrogens with one attached hydrogen (secondary N) is 1. The van der Waals surface area contributed by atoms with Gasteiger partial charge in [0.25, 0.3) is 5.91 Å². The molecular weight excluding hydrogens is 433 g/mol. The molecule has 0 aliphatic heterocycles. The van der Waals surface area contributed by atoms with Crippen LogP contribution in [0.4, 0.5) is 0 Å². The van der Waals surface area contributed by atoms with Crippen LogP contribution in [0.25, 0.3) is 6.08 Å². The number of benzene rings is 2. The van der Waals surface area contributed by atoms with Gasteiger partial charge < -0.3 is 25.0 Å². The molecule has 2 amide bonds. The highest BCUT2D eigenvalue weighted by Gasteiger charge is 2.21. The topological polar surface area (TPSA) is 123 Å². The van der Waals surface area contributed by atoms with E-state index in [1.807, 2.05) is 50.2 Å². The monoisotopic (exact) mass is 463 g/mol. The van der Waals surface area contributed by atoms with Crippen LogP contribution >= 0.6 is 0 Å². The lowest BCUT2D eigenvalue weighted by molar-refractivity contribution is -0.126. The van der Waals surface area contributed by atoms with Crippen LogP contribution in [0.1, 0.15) is 37.4 Å². The Morgan fingerprint density at radius 1 is 1.15 bits per heavy atom. The number of carbonyl (C=O) groups excluding carboxylic acids is 2. The third-order valence-electron chi connectivity index (χ3n) is 5.15. The number of carbonyl (C=O) groups is 2. The van der Waals surface area contributed by atoms with Gasteiger partial charge in [-0.05, 0) is 43.2 Å². The van der Waals surface area contributed by atoms with Crippen LogP contribution in [-0.2, 0) is 9.59 Å². The average molecular weight is 463 g/mol. The number of hydrogen-bond acceptors (Lipinski definition) is 6. The lowest BCUT2D eigenvalue weighted by atomic mass is 9.79. The molecule has 0 heterocycles. The minimum atomic E-state index is -1.55. The minimum Gasteiger partial charge on any atom is -0.493 e. The Kier molecular flexibility index (Phi) is 10.8. The Hall–Kier alpha value is -3.61. The van der Waals surface area contributed by atoms with Crippen molar-refractivity contribution in [3.05, 3.63) is 71.3 Å². The van der Waals surface area contributed by atoms with Gasteiger partial charge >= 0.3 is 7.12 Å². The summed E-state index contributed by atoms with van der Waals surface area (Å²) in [7, 11) is -1.55. The summed E-state index contributed by atoms with van der Waals surface area (Å²) in [5.74, 6) is -0.113. The molecule has 0 saturated heterocycles. The van der Waals surface area contributed by atoms with Crippen LogP contribution in [0.3, 0.4) is 0 Å². The van der Waals surface area contributed by atoms with Gasteiger partial charge in [0, 0.05) is 19.4 Å². The molecule has 0 aliphatic carbocycles. The molecule has 3 N–H and O–H groups in total. The Balaban J connectivity index is 1.97. The maximum Gasteiger partial charge on any atom is 0.453 e. The fraction of sp³-hybridized carbons (Fsp3) is 0.320. The summed E-state index contributed by atoms with van der Waals surface area (Å²) in [6.45, 7) is 4.85. The maximum atomic E-state index is 12.5. The quantitative estimate of drug-likeness (QED) is 0.253. The highest BCUT2D eigenvalue weighted by molar-refractivity contribution is 6.41. The smallest absolute Gasteiger partial charge is 0.453 e. The number of likely N-dealkylation sites (N-methyl/N-ethyl adjacent to an activating group) is 1. The van der Waals surface area contributed by atoms with E-state index in [9.17, 15) is 24.9 Å². The molecule has 2 aromatic rings. The first-order valence-electron chi connectivity index (χ1n) is 11.2. The van der Waals surface area contributed by atoms with Crippen LogP contribution in [0.2, 0.25) is 6.32 Å². The van der Waals surface area contributed by atoms with E-state index in [0.717, 1.165) is 5.56 Å². The summed E-state index contributed by atoms with van der Waals surface area (Å²) in [5.41, 5.74) is 1.45. The van der Waals surface area contributed by atoms with E-state index < -0.39 is 13.2 Å². The first kappa shape index (κ1) is 26.6. The second kappa shape index (κ2) is 13.8. The van der Waals surface area contributed by atoms with Gasteiger partial charge in [-0.15, -0.1) is 0 Å². The van der Waals surface area contributed by atoms with E-state index in [1.54, 1.807) is 29.2 Å². The Bertz CT molecular complexity index is 1020. The van der Waals surface area contributed by atoms with Crippen molar-refractivity contribution in [3.8, 4) is 11.8 Å². The summed E-state index contributed by atoms with van der Waals surface area (Å²) in [4.78, 5) is 26.4. The van der Waals surface area contributed by atoms with Crippen LogP contribution < -0.4 is 10.1 Å². The number of nitriles is 1. The van der Waals surface area contributed by atoms with E-state index in [1.165, 1.54) is 6.08 Å². The summed E-state index contributed by atoms with van der Waals surface area (Å²) in [6.07, 6.45) is 1.55. The lowest BCUT2D eigenvalue weighted by Crippen LogP contribution is -2.32. The first-order valence-corrected chi connectivity index (χ1v) is 11.2. The van der Waals surface area contributed by atoms with Crippen molar-refractivity contribution in [3.63, 3.8) is 0 Å². The number of amides is 2. The van der Waals surface area contributed by atoms with Crippen LogP contribution in [0.15, 0.2) is 60.2 Å². The van der Waals surface area contributed by atoms with E-state index in [2.05, 4.69) is 5.32 Å². The largest absolute Gasteiger partial charge is 0.493 e. The highest BCUT2D eigenvalue weighted by atomic mass is 16.5. The fourth-order valence-electron chi connectivity index (χ4n) is 3.39. The molecule has 0 saturated carbocycles. The molecule has 178 valence electrons. The summed E-state index contributed by atoms with van der Waals surface area (Å²) in [6, 6.07) is 17.4. The Morgan fingerprint density at radius 3 is 2.47 bits per heavy atom. The normalized spacial score (nSPS) is 11.8. The average Bonchev–Trinajstić information content (AvgIpc) is 2.83. The number of hydrogen-bond donors (Lipinski definition) is 3. The van der Waals surface area contributed by atoms with Gasteiger partial charge in [0.15, 0.2) is 0 Å². The molecule has 0 aliphatic rings. The Morgan fingerprint density at radius 2 is 1.85 bits per heavy atom. The van der Waals surface area contributed by atoms with Crippen LogP contribution in [0.5, 0.6) is 5.75 Å². The van der Waals surface area contributed by atoms with E-state index >= 15 is 0 Å². The molecule has 0 spiro atoms. The van der Waals surface area contributed by atoms with Gasteiger partial charge in [-0.1, -0.05) is 42.5 Å². The lowest BCUT2D eigenvalue weighted by Gasteiger charge is -2.19. The third-order valence-corrected chi connectivity index (χ3v) is 5.15. The maximum absolute atomic E-state index is 12.5. The molecule has 8 nitrogen and oxygen atoms in total. The molecule has 0 radical (unpaired) electrons. The van der Waals surface area contributed by atoms with Gasteiger partial charge in [0.1, 0.15) is 17.4 Å². The van der Waals surface area contributed by atoms with Crippen molar-refractivity contribution >= 4 is 25.0 Å². The van der Waals surface area contributed by atoms with Gasteiger partial charge in [0.05, 0.1) is 19.1 Å². The molecule has 2 rings (SSSR count).